The zero-order chi connectivity index (χ0) is 19.6. The molecule has 6 nitrogen and oxygen atoms in total. The molecular formula is C21H14ClN5OS. The molecule has 0 aliphatic carbocycles. The molecular weight excluding hydrogens is 406 g/mol. The predicted octanol–water partition coefficient (Wildman–Crippen LogP) is 5.15. The van der Waals surface area contributed by atoms with Gasteiger partial charge < -0.3 is 4.74 Å². The van der Waals surface area contributed by atoms with Crippen LogP contribution < -0.4 is 4.74 Å². The maximum absolute atomic E-state index is 6.21. The van der Waals surface area contributed by atoms with Crippen LogP contribution in [-0.4, -0.2) is 24.8 Å². The average Bonchev–Trinajstić information content (AvgIpc) is 3.35. The Hall–Kier alpha value is -3.29. The van der Waals surface area contributed by atoms with Crippen molar-refractivity contribution in [2.75, 3.05) is 0 Å². The predicted molar refractivity (Wildman–Crippen MR) is 113 cm³/mol. The SMILES string of the molecule is Clc1ccccc1COc1cccc(-c2nn3c(-c4cccnc4)nnc3s2)c1. The number of nitrogens with zero attached hydrogens (tertiary/aromatic N) is 5. The topological polar surface area (TPSA) is 65.2 Å². The Balaban J connectivity index is 1.43. The van der Waals surface area contributed by atoms with Crippen LogP contribution in [0.1, 0.15) is 5.56 Å². The third-order valence-electron chi connectivity index (χ3n) is 4.34. The van der Waals surface area contributed by atoms with Gasteiger partial charge in [-0.05, 0) is 30.3 Å². The monoisotopic (exact) mass is 419 g/mol. The van der Waals surface area contributed by atoms with Gasteiger partial charge in [-0.3, -0.25) is 4.98 Å². The van der Waals surface area contributed by atoms with E-state index in [1.54, 1.807) is 16.9 Å². The molecule has 0 fully saturated rings. The van der Waals surface area contributed by atoms with Crippen LogP contribution in [0.2, 0.25) is 5.02 Å². The first-order valence-electron chi connectivity index (χ1n) is 8.87. The standard InChI is InChI=1S/C21H14ClN5OS/c22-18-9-2-1-5-16(18)13-28-17-8-3-6-14(11-17)20-26-27-19(24-25-21(27)29-20)15-7-4-10-23-12-15/h1-12H,13H2. The second kappa shape index (κ2) is 7.62. The van der Waals surface area contributed by atoms with Crippen LogP contribution in [0.4, 0.5) is 0 Å². The summed E-state index contributed by atoms with van der Waals surface area (Å²) in [7, 11) is 0. The molecule has 0 aliphatic heterocycles. The lowest BCUT2D eigenvalue weighted by Gasteiger charge is -2.08. The number of hydrogen-bond acceptors (Lipinski definition) is 6. The summed E-state index contributed by atoms with van der Waals surface area (Å²) in [6, 6.07) is 19.3. The summed E-state index contributed by atoms with van der Waals surface area (Å²) in [4.78, 5) is 4.87. The van der Waals surface area contributed by atoms with Crippen LogP contribution in [-0.2, 0) is 6.61 Å². The Kier molecular flexibility index (Phi) is 4.67. The number of halogens is 1. The maximum Gasteiger partial charge on any atom is 0.235 e. The van der Waals surface area contributed by atoms with Crippen LogP contribution in [0.15, 0.2) is 73.1 Å². The number of aromatic nitrogens is 5. The van der Waals surface area contributed by atoms with Crippen molar-refractivity contribution in [1.29, 1.82) is 0 Å². The van der Waals surface area contributed by atoms with Gasteiger partial charge >= 0.3 is 0 Å². The fraction of sp³-hybridized carbons (Fsp3) is 0.0476. The number of benzene rings is 2. The van der Waals surface area contributed by atoms with Crippen LogP contribution in [0.5, 0.6) is 5.75 Å². The van der Waals surface area contributed by atoms with Crippen molar-refractivity contribution in [1.82, 2.24) is 24.8 Å². The molecule has 0 amide bonds. The fourth-order valence-electron chi connectivity index (χ4n) is 2.90. The van der Waals surface area contributed by atoms with E-state index in [1.807, 2.05) is 60.7 Å². The van der Waals surface area contributed by atoms with Crippen molar-refractivity contribution in [2.45, 2.75) is 6.61 Å². The lowest BCUT2D eigenvalue weighted by atomic mass is 10.2. The summed E-state index contributed by atoms with van der Waals surface area (Å²) < 4.78 is 7.68. The van der Waals surface area contributed by atoms with Gasteiger partial charge in [0.25, 0.3) is 0 Å². The van der Waals surface area contributed by atoms with Crippen molar-refractivity contribution >= 4 is 27.9 Å². The van der Waals surface area contributed by atoms with E-state index >= 15 is 0 Å². The summed E-state index contributed by atoms with van der Waals surface area (Å²) in [6.45, 7) is 0.402. The lowest BCUT2D eigenvalue weighted by molar-refractivity contribution is 0.306. The van der Waals surface area contributed by atoms with Crippen molar-refractivity contribution < 1.29 is 4.74 Å². The van der Waals surface area contributed by atoms with Crippen LogP contribution in [0.25, 0.3) is 26.9 Å². The van der Waals surface area contributed by atoms with Crippen molar-refractivity contribution in [3.05, 3.63) is 83.6 Å². The highest BCUT2D eigenvalue weighted by atomic mass is 35.5. The second-order valence-corrected chi connectivity index (χ2v) is 7.64. The zero-order valence-electron chi connectivity index (χ0n) is 15.1. The summed E-state index contributed by atoms with van der Waals surface area (Å²) in [5, 5.41) is 14.7. The molecule has 0 bridgehead atoms. The average molecular weight is 420 g/mol. The molecule has 29 heavy (non-hydrogen) atoms. The molecule has 8 heteroatoms. The molecule has 0 saturated heterocycles. The van der Waals surface area contributed by atoms with Crippen LogP contribution >= 0.6 is 22.9 Å². The number of fused-ring (bicyclic) bond motifs is 1. The highest BCUT2D eigenvalue weighted by molar-refractivity contribution is 7.19. The van der Waals surface area contributed by atoms with E-state index in [0.29, 0.717) is 17.5 Å². The minimum atomic E-state index is 0.402. The maximum atomic E-state index is 6.21. The molecule has 5 aromatic rings. The molecule has 3 aromatic heterocycles. The highest BCUT2D eigenvalue weighted by Gasteiger charge is 2.15. The van der Waals surface area contributed by atoms with E-state index in [2.05, 4.69) is 15.2 Å². The Morgan fingerprint density at radius 3 is 2.72 bits per heavy atom. The largest absolute Gasteiger partial charge is 0.489 e. The smallest absolute Gasteiger partial charge is 0.235 e. The Labute approximate surface area is 175 Å². The number of hydrogen-bond donors (Lipinski definition) is 0. The molecule has 0 spiro atoms. The highest BCUT2D eigenvalue weighted by Crippen LogP contribution is 2.30. The third kappa shape index (κ3) is 3.57. The lowest BCUT2D eigenvalue weighted by Crippen LogP contribution is -1.96. The first-order valence-corrected chi connectivity index (χ1v) is 10.1. The van der Waals surface area contributed by atoms with Gasteiger partial charge in [-0.25, -0.2) is 0 Å². The molecule has 5 rings (SSSR count). The number of pyridine rings is 1. The van der Waals surface area contributed by atoms with Crippen LogP contribution in [0, 0.1) is 0 Å². The van der Waals surface area contributed by atoms with E-state index < -0.39 is 0 Å². The minimum absolute atomic E-state index is 0.402. The van der Waals surface area contributed by atoms with Crippen molar-refractivity contribution in [2.24, 2.45) is 0 Å². The summed E-state index contributed by atoms with van der Waals surface area (Å²) in [5.74, 6) is 1.42. The van der Waals surface area contributed by atoms with Crippen molar-refractivity contribution in [3.63, 3.8) is 0 Å². The Bertz CT molecular complexity index is 1280. The molecule has 0 aliphatic rings. The minimum Gasteiger partial charge on any atom is -0.489 e. The molecule has 0 radical (unpaired) electrons. The first kappa shape index (κ1) is 17.8. The van der Waals surface area contributed by atoms with E-state index in [9.17, 15) is 0 Å². The van der Waals surface area contributed by atoms with E-state index in [4.69, 9.17) is 21.4 Å². The van der Waals surface area contributed by atoms with Gasteiger partial charge in [0.2, 0.25) is 4.96 Å². The van der Waals surface area contributed by atoms with Gasteiger partial charge in [-0.15, -0.1) is 10.2 Å². The Morgan fingerprint density at radius 1 is 0.966 bits per heavy atom. The van der Waals surface area contributed by atoms with E-state index in [0.717, 1.165) is 32.4 Å². The van der Waals surface area contributed by atoms with Gasteiger partial charge in [-0.2, -0.15) is 9.61 Å². The summed E-state index contributed by atoms with van der Waals surface area (Å²) in [6.07, 6.45) is 3.47. The quantitative estimate of drug-likeness (QED) is 0.394. The summed E-state index contributed by atoms with van der Waals surface area (Å²) >= 11 is 7.68. The third-order valence-corrected chi connectivity index (χ3v) is 5.66. The molecule has 0 saturated carbocycles. The molecule has 142 valence electrons. The second-order valence-electron chi connectivity index (χ2n) is 6.27. The van der Waals surface area contributed by atoms with Crippen LogP contribution in [0.3, 0.4) is 0 Å². The molecule has 0 atom stereocenters. The molecule has 2 aromatic carbocycles. The Morgan fingerprint density at radius 2 is 1.86 bits per heavy atom. The van der Waals surface area contributed by atoms with E-state index in [-0.39, 0.29) is 0 Å². The van der Waals surface area contributed by atoms with Crippen molar-refractivity contribution in [3.8, 4) is 27.7 Å². The number of ether oxygens (including phenoxy) is 1. The van der Waals surface area contributed by atoms with Gasteiger partial charge in [-0.1, -0.05) is 53.3 Å². The van der Waals surface area contributed by atoms with Gasteiger partial charge in [0.15, 0.2) is 5.82 Å². The molecule has 0 N–H and O–H groups in total. The molecule has 3 heterocycles. The number of rotatable bonds is 5. The molecule has 0 unspecified atom stereocenters. The normalized spacial score (nSPS) is 11.1. The fourth-order valence-corrected chi connectivity index (χ4v) is 3.93. The van der Waals surface area contributed by atoms with Gasteiger partial charge in [0.05, 0.1) is 0 Å². The summed E-state index contributed by atoms with van der Waals surface area (Å²) in [5.41, 5.74) is 2.77. The first-order chi connectivity index (χ1) is 14.3. The van der Waals surface area contributed by atoms with Gasteiger partial charge in [0, 0.05) is 34.1 Å². The van der Waals surface area contributed by atoms with Gasteiger partial charge in [0.1, 0.15) is 17.4 Å². The van der Waals surface area contributed by atoms with E-state index in [1.165, 1.54) is 11.3 Å². The zero-order valence-corrected chi connectivity index (χ0v) is 16.6.